The Labute approximate surface area is 125 Å². The number of carbonyl (C=O) groups is 1. The van der Waals surface area contributed by atoms with Crippen molar-refractivity contribution in [1.82, 2.24) is 0 Å². The van der Waals surface area contributed by atoms with Gasteiger partial charge in [0.2, 0.25) is 0 Å². The van der Waals surface area contributed by atoms with E-state index in [1.165, 1.54) is 0 Å². The summed E-state index contributed by atoms with van der Waals surface area (Å²) in [6, 6.07) is 5.65. The normalized spacial score (nSPS) is 21.8. The summed E-state index contributed by atoms with van der Waals surface area (Å²) in [5.41, 5.74) is 0.785. The van der Waals surface area contributed by atoms with Gasteiger partial charge in [-0.1, -0.05) is 0 Å². The van der Waals surface area contributed by atoms with Gasteiger partial charge in [0.05, 0.1) is 13.0 Å². The molecular weight excluding hydrogens is 423 g/mol. The van der Waals surface area contributed by atoms with Crippen LogP contribution < -0.4 is 5.32 Å². The number of hydrogen-bond acceptors (Lipinski definition) is 3. The lowest BCUT2D eigenvalue weighted by molar-refractivity contribution is -0.158. The number of anilines is 1. The second-order valence-electron chi connectivity index (χ2n) is 3.94. The SMILES string of the molecule is O=C1OC(CNc2cc(I)ccc2Br)CC1(F)F. The van der Waals surface area contributed by atoms with Crippen LogP contribution in [0.1, 0.15) is 6.42 Å². The van der Waals surface area contributed by atoms with Crippen molar-refractivity contribution in [1.29, 1.82) is 0 Å². The van der Waals surface area contributed by atoms with E-state index >= 15 is 0 Å². The average Bonchev–Trinajstić information content (AvgIpc) is 2.54. The highest BCUT2D eigenvalue weighted by Crippen LogP contribution is 2.31. The van der Waals surface area contributed by atoms with Crippen LogP contribution in [0.2, 0.25) is 0 Å². The van der Waals surface area contributed by atoms with Gasteiger partial charge in [-0.15, -0.1) is 0 Å². The van der Waals surface area contributed by atoms with Gasteiger partial charge in [-0.3, -0.25) is 0 Å². The van der Waals surface area contributed by atoms with Crippen molar-refractivity contribution in [2.75, 3.05) is 11.9 Å². The van der Waals surface area contributed by atoms with Gasteiger partial charge < -0.3 is 10.1 Å². The Kier molecular flexibility index (Phi) is 4.10. The predicted octanol–water partition coefficient (Wildman–Crippen LogP) is 3.42. The maximum atomic E-state index is 12.9. The Hall–Kier alpha value is -0.440. The van der Waals surface area contributed by atoms with Crippen molar-refractivity contribution in [2.45, 2.75) is 18.4 Å². The van der Waals surface area contributed by atoms with Gasteiger partial charge in [-0.05, 0) is 56.7 Å². The molecule has 0 amide bonds. The number of cyclic esters (lactones) is 1. The monoisotopic (exact) mass is 431 g/mol. The molecule has 1 saturated heterocycles. The molecule has 0 aromatic heterocycles. The number of halogens is 4. The lowest BCUT2D eigenvalue weighted by Crippen LogP contribution is -2.22. The first kappa shape index (κ1) is 14.0. The Morgan fingerprint density at radius 2 is 2.28 bits per heavy atom. The van der Waals surface area contributed by atoms with Crippen molar-refractivity contribution in [2.24, 2.45) is 0 Å². The van der Waals surface area contributed by atoms with E-state index in [0.29, 0.717) is 0 Å². The molecule has 7 heteroatoms. The summed E-state index contributed by atoms with van der Waals surface area (Å²) < 4.78 is 32.3. The summed E-state index contributed by atoms with van der Waals surface area (Å²) in [6.45, 7) is 0.167. The first-order valence-electron chi connectivity index (χ1n) is 5.16. The van der Waals surface area contributed by atoms with Crippen molar-refractivity contribution in [3.05, 3.63) is 26.2 Å². The Morgan fingerprint density at radius 1 is 1.56 bits per heavy atom. The number of rotatable bonds is 3. The largest absolute Gasteiger partial charge is 0.456 e. The maximum Gasteiger partial charge on any atom is 0.377 e. The van der Waals surface area contributed by atoms with E-state index in [-0.39, 0.29) is 6.54 Å². The van der Waals surface area contributed by atoms with E-state index in [1.54, 1.807) is 0 Å². The van der Waals surface area contributed by atoms with E-state index in [2.05, 4.69) is 48.6 Å². The molecule has 1 atom stereocenters. The van der Waals surface area contributed by atoms with E-state index in [0.717, 1.165) is 13.7 Å². The number of carbonyl (C=O) groups excluding carboxylic acids is 1. The molecule has 18 heavy (non-hydrogen) atoms. The molecule has 98 valence electrons. The Morgan fingerprint density at radius 3 is 2.89 bits per heavy atom. The lowest BCUT2D eigenvalue weighted by atomic mass is 10.2. The molecular formula is C11H9BrF2INO2. The van der Waals surface area contributed by atoms with Crippen LogP contribution in [-0.2, 0) is 9.53 Å². The third-order valence-electron chi connectivity index (χ3n) is 2.50. The van der Waals surface area contributed by atoms with Gasteiger partial charge in [0.15, 0.2) is 0 Å². The molecule has 1 heterocycles. The van der Waals surface area contributed by atoms with Gasteiger partial charge in [0, 0.05) is 13.7 Å². The minimum absolute atomic E-state index is 0.167. The molecule has 1 aromatic carbocycles. The molecule has 3 nitrogen and oxygen atoms in total. The highest BCUT2D eigenvalue weighted by atomic mass is 127. The zero-order valence-corrected chi connectivity index (χ0v) is 12.8. The second-order valence-corrected chi connectivity index (χ2v) is 6.04. The fourth-order valence-corrected chi connectivity index (χ4v) is 2.50. The molecule has 0 radical (unpaired) electrons. The van der Waals surface area contributed by atoms with Crippen molar-refractivity contribution >= 4 is 50.2 Å². The molecule has 1 aliphatic rings. The Bertz CT molecular complexity index is 484. The van der Waals surface area contributed by atoms with Gasteiger partial charge >= 0.3 is 11.9 Å². The van der Waals surface area contributed by atoms with E-state index < -0.39 is 24.4 Å². The molecule has 1 aromatic rings. The standard InChI is InChI=1S/C11H9BrF2INO2/c12-8-2-1-6(15)3-9(8)16-5-7-4-11(13,14)10(17)18-7/h1-3,7,16H,4-5H2. The maximum absolute atomic E-state index is 12.9. The van der Waals surface area contributed by atoms with Gasteiger partial charge in [-0.2, -0.15) is 8.78 Å². The fourth-order valence-electron chi connectivity index (χ4n) is 1.62. The molecule has 1 unspecified atom stereocenters. The molecule has 1 aliphatic heterocycles. The van der Waals surface area contributed by atoms with Gasteiger partial charge in [0.1, 0.15) is 6.10 Å². The van der Waals surface area contributed by atoms with Crippen LogP contribution in [0, 0.1) is 3.57 Å². The van der Waals surface area contributed by atoms with Crippen molar-refractivity contribution < 1.29 is 18.3 Å². The predicted molar refractivity (Wildman–Crippen MR) is 74.8 cm³/mol. The number of ether oxygens (including phenoxy) is 1. The molecule has 2 rings (SSSR count). The third kappa shape index (κ3) is 3.11. The topological polar surface area (TPSA) is 38.3 Å². The van der Waals surface area contributed by atoms with Gasteiger partial charge in [-0.25, -0.2) is 4.79 Å². The third-order valence-corrected chi connectivity index (χ3v) is 3.87. The molecule has 0 saturated carbocycles. The van der Waals surface area contributed by atoms with Crippen molar-refractivity contribution in [3.63, 3.8) is 0 Å². The summed E-state index contributed by atoms with van der Waals surface area (Å²) in [7, 11) is 0. The fraction of sp³-hybridized carbons (Fsp3) is 0.364. The molecule has 0 aliphatic carbocycles. The van der Waals surface area contributed by atoms with Crippen LogP contribution in [0.15, 0.2) is 22.7 Å². The lowest BCUT2D eigenvalue weighted by Gasteiger charge is -2.12. The zero-order chi connectivity index (χ0) is 13.3. The summed E-state index contributed by atoms with van der Waals surface area (Å²) >= 11 is 5.51. The highest BCUT2D eigenvalue weighted by Gasteiger charge is 2.50. The van der Waals surface area contributed by atoms with Crippen LogP contribution in [0.25, 0.3) is 0 Å². The smallest absolute Gasteiger partial charge is 0.377 e. The van der Waals surface area contributed by atoms with Crippen molar-refractivity contribution in [3.8, 4) is 0 Å². The summed E-state index contributed by atoms with van der Waals surface area (Å²) in [6.07, 6.45) is -1.36. The summed E-state index contributed by atoms with van der Waals surface area (Å²) in [5, 5.41) is 2.99. The second kappa shape index (κ2) is 5.28. The van der Waals surface area contributed by atoms with Gasteiger partial charge in [0.25, 0.3) is 0 Å². The molecule has 1 N–H and O–H groups in total. The number of esters is 1. The number of hydrogen-bond donors (Lipinski definition) is 1. The first-order chi connectivity index (χ1) is 8.38. The minimum atomic E-state index is -3.35. The number of nitrogens with one attached hydrogen (secondary N) is 1. The van der Waals surface area contributed by atoms with E-state index in [1.807, 2.05) is 18.2 Å². The van der Waals surface area contributed by atoms with Crippen LogP contribution >= 0.6 is 38.5 Å². The quantitative estimate of drug-likeness (QED) is 0.588. The molecule has 0 bridgehead atoms. The first-order valence-corrected chi connectivity index (χ1v) is 7.03. The average molecular weight is 432 g/mol. The van der Waals surface area contributed by atoms with Crippen LogP contribution in [0.5, 0.6) is 0 Å². The summed E-state index contributed by atoms with van der Waals surface area (Å²) in [5.74, 6) is -4.79. The minimum Gasteiger partial charge on any atom is -0.456 e. The van der Waals surface area contributed by atoms with Crippen LogP contribution in [-0.4, -0.2) is 24.5 Å². The number of alkyl halides is 2. The molecule has 0 spiro atoms. The van der Waals surface area contributed by atoms with Crippen LogP contribution in [0.4, 0.5) is 14.5 Å². The molecule has 1 fully saturated rings. The van der Waals surface area contributed by atoms with E-state index in [9.17, 15) is 13.6 Å². The zero-order valence-electron chi connectivity index (χ0n) is 9.05. The Balaban J connectivity index is 1.97. The summed E-state index contributed by atoms with van der Waals surface area (Å²) in [4.78, 5) is 10.8. The number of benzene rings is 1. The van der Waals surface area contributed by atoms with E-state index in [4.69, 9.17) is 0 Å². The highest BCUT2D eigenvalue weighted by molar-refractivity contribution is 14.1. The van der Waals surface area contributed by atoms with Crippen LogP contribution in [0.3, 0.4) is 0 Å².